The number of hydrogen-bond donors (Lipinski definition) is 1. The maximum absolute atomic E-state index is 12.2. The molecule has 6 nitrogen and oxygen atoms in total. The van der Waals surface area contributed by atoms with Crippen LogP contribution in [0, 0.1) is 18.3 Å². The number of benzene rings is 3. The molecule has 0 fully saturated rings. The van der Waals surface area contributed by atoms with Crippen molar-refractivity contribution < 1.29 is 19.0 Å². The molecule has 0 saturated carbocycles. The number of rotatable bonds is 5. The van der Waals surface area contributed by atoms with Crippen LogP contribution in [0.5, 0.6) is 17.2 Å². The molecule has 1 heterocycles. The van der Waals surface area contributed by atoms with Crippen molar-refractivity contribution >= 4 is 17.6 Å². The van der Waals surface area contributed by atoms with Gasteiger partial charge in [-0.1, -0.05) is 41.9 Å². The van der Waals surface area contributed by atoms with Gasteiger partial charge in [0, 0.05) is 16.7 Å². The summed E-state index contributed by atoms with van der Waals surface area (Å²) in [5.74, 6) is 0.251. The van der Waals surface area contributed by atoms with Crippen LogP contribution in [0.2, 0.25) is 5.02 Å². The largest absolute Gasteiger partial charge is 0.482 e. The van der Waals surface area contributed by atoms with Gasteiger partial charge in [0.25, 0.3) is 0 Å². The summed E-state index contributed by atoms with van der Waals surface area (Å²) in [6, 6.07) is 21.7. The number of allylic oxidation sites excluding steroid dienone is 1. The van der Waals surface area contributed by atoms with Crippen molar-refractivity contribution in [2.24, 2.45) is 5.73 Å². The van der Waals surface area contributed by atoms with Gasteiger partial charge in [0.2, 0.25) is 5.88 Å². The summed E-state index contributed by atoms with van der Waals surface area (Å²) in [4.78, 5) is 12.2. The summed E-state index contributed by atoms with van der Waals surface area (Å²) in [5, 5.41) is 10.2. The Morgan fingerprint density at radius 1 is 1.12 bits per heavy atom. The van der Waals surface area contributed by atoms with E-state index in [0.29, 0.717) is 22.1 Å². The Morgan fingerprint density at radius 2 is 1.94 bits per heavy atom. The Hall–Kier alpha value is -3.95. The van der Waals surface area contributed by atoms with Gasteiger partial charge in [0.15, 0.2) is 6.61 Å². The maximum atomic E-state index is 12.2. The van der Waals surface area contributed by atoms with Crippen molar-refractivity contribution in [1.29, 1.82) is 5.26 Å². The van der Waals surface area contributed by atoms with E-state index in [9.17, 15) is 10.1 Å². The lowest BCUT2D eigenvalue weighted by Crippen LogP contribution is -2.21. The van der Waals surface area contributed by atoms with Crippen LogP contribution in [0.4, 0.5) is 0 Å². The van der Waals surface area contributed by atoms with Gasteiger partial charge < -0.3 is 19.9 Å². The third kappa shape index (κ3) is 4.53. The fraction of sp³-hybridized carbons (Fsp3) is 0.120. The second-order valence-corrected chi connectivity index (χ2v) is 7.70. The summed E-state index contributed by atoms with van der Waals surface area (Å²) >= 11 is 6.15. The first kappa shape index (κ1) is 21.3. The van der Waals surface area contributed by atoms with Gasteiger partial charge in [-0.3, -0.25) is 0 Å². The van der Waals surface area contributed by atoms with E-state index in [2.05, 4.69) is 6.07 Å². The average Bonchev–Trinajstić information content (AvgIpc) is 2.76. The van der Waals surface area contributed by atoms with Crippen LogP contribution in [0.3, 0.4) is 0 Å². The van der Waals surface area contributed by atoms with Crippen molar-refractivity contribution in [3.8, 4) is 23.3 Å². The number of nitriles is 1. The van der Waals surface area contributed by atoms with Crippen LogP contribution in [0.15, 0.2) is 78.2 Å². The van der Waals surface area contributed by atoms with E-state index in [4.69, 9.17) is 31.5 Å². The molecule has 0 aliphatic carbocycles. The van der Waals surface area contributed by atoms with Crippen LogP contribution in [0.1, 0.15) is 22.6 Å². The van der Waals surface area contributed by atoms with E-state index in [1.54, 1.807) is 36.4 Å². The zero-order chi connectivity index (χ0) is 22.7. The number of ether oxygens (including phenoxy) is 3. The highest BCUT2D eigenvalue weighted by molar-refractivity contribution is 6.30. The van der Waals surface area contributed by atoms with E-state index >= 15 is 0 Å². The van der Waals surface area contributed by atoms with Gasteiger partial charge in [-0.05, 0) is 48.4 Å². The first-order valence-electron chi connectivity index (χ1n) is 9.82. The first-order chi connectivity index (χ1) is 15.4. The Kier molecular flexibility index (Phi) is 6.02. The highest BCUT2D eigenvalue weighted by atomic mass is 35.5. The molecule has 1 aliphatic heterocycles. The van der Waals surface area contributed by atoms with E-state index in [0.717, 1.165) is 11.1 Å². The van der Waals surface area contributed by atoms with Gasteiger partial charge in [-0.25, -0.2) is 4.79 Å². The van der Waals surface area contributed by atoms with Gasteiger partial charge >= 0.3 is 5.97 Å². The van der Waals surface area contributed by atoms with Crippen molar-refractivity contribution in [3.63, 3.8) is 0 Å². The normalized spacial score (nSPS) is 14.7. The summed E-state index contributed by atoms with van der Waals surface area (Å²) in [6.07, 6.45) is 0. The van der Waals surface area contributed by atoms with E-state index in [1.165, 1.54) is 0 Å². The van der Waals surface area contributed by atoms with Crippen LogP contribution >= 0.6 is 11.6 Å². The van der Waals surface area contributed by atoms with Crippen molar-refractivity contribution in [2.75, 3.05) is 6.61 Å². The van der Waals surface area contributed by atoms with Gasteiger partial charge in [0.05, 0.1) is 5.92 Å². The third-order valence-corrected chi connectivity index (χ3v) is 5.19. The number of nitrogens with two attached hydrogens (primary N) is 1. The zero-order valence-corrected chi connectivity index (χ0v) is 17.9. The number of nitrogens with zero attached hydrogens (tertiary/aromatic N) is 1. The molecular formula is C25H19ClN2O4. The Balaban J connectivity index is 1.55. The molecule has 0 radical (unpaired) electrons. The summed E-state index contributed by atoms with van der Waals surface area (Å²) < 4.78 is 16.5. The molecule has 1 unspecified atom stereocenters. The molecule has 0 spiro atoms. The molecule has 0 bridgehead atoms. The molecular weight excluding hydrogens is 428 g/mol. The molecule has 160 valence electrons. The molecule has 7 heteroatoms. The molecule has 2 N–H and O–H groups in total. The highest BCUT2D eigenvalue weighted by Gasteiger charge is 2.31. The number of hydrogen-bond acceptors (Lipinski definition) is 6. The lowest BCUT2D eigenvalue weighted by atomic mass is 9.83. The Bertz CT molecular complexity index is 1260. The third-order valence-electron chi connectivity index (χ3n) is 4.95. The molecule has 32 heavy (non-hydrogen) atoms. The predicted octanol–water partition coefficient (Wildman–Crippen LogP) is 4.85. The minimum Gasteiger partial charge on any atom is -0.482 e. The van der Waals surface area contributed by atoms with Crippen molar-refractivity contribution in [2.45, 2.75) is 12.8 Å². The van der Waals surface area contributed by atoms with Gasteiger partial charge in [-0.2, -0.15) is 5.26 Å². The molecule has 0 amide bonds. The van der Waals surface area contributed by atoms with E-state index in [1.807, 2.05) is 37.3 Å². The summed E-state index contributed by atoms with van der Waals surface area (Å²) in [7, 11) is 0. The SMILES string of the molecule is Cc1cccc(OCC(=O)Oc2ccc3c(c2)OC(N)=C(C#N)C3c2cccc(Cl)c2)c1. The summed E-state index contributed by atoms with van der Waals surface area (Å²) in [5.41, 5.74) is 8.86. The molecule has 3 aromatic rings. The Labute approximate surface area is 190 Å². The van der Waals surface area contributed by atoms with Crippen LogP contribution in [-0.4, -0.2) is 12.6 Å². The minimum atomic E-state index is -0.560. The summed E-state index contributed by atoms with van der Waals surface area (Å²) in [6.45, 7) is 1.69. The lowest BCUT2D eigenvalue weighted by molar-refractivity contribution is -0.136. The average molecular weight is 447 g/mol. The second kappa shape index (κ2) is 9.04. The second-order valence-electron chi connectivity index (χ2n) is 7.26. The zero-order valence-electron chi connectivity index (χ0n) is 17.2. The fourth-order valence-corrected chi connectivity index (χ4v) is 3.74. The van der Waals surface area contributed by atoms with Crippen LogP contribution < -0.4 is 19.9 Å². The maximum Gasteiger partial charge on any atom is 0.349 e. The highest BCUT2D eigenvalue weighted by Crippen LogP contribution is 2.43. The van der Waals surface area contributed by atoms with Gasteiger partial charge in [-0.15, -0.1) is 0 Å². The lowest BCUT2D eigenvalue weighted by Gasteiger charge is -2.26. The number of fused-ring (bicyclic) bond motifs is 1. The Morgan fingerprint density at radius 3 is 2.69 bits per heavy atom. The fourth-order valence-electron chi connectivity index (χ4n) is 3.54. The number of carbonyl (C=O) groups is 1. The van der Waals surface area contributed by atoms with Gasteiger partial charge in [0.1, 0.15) is 28.9 Å². The molecule has 3 aromatic carbocycles. The van der Waals surface area contributed by atoms with Crippen LogP contribution in [0.25, 0.3) is 0 Å². The van der Waals surface area contributed by atoms with E-state index < -0.39 is 11.9 Å². The quantitative estimate of drug-likeness (QED) is 0.444. The number of carbonyl (C=O) groups excluding carboxylic acids is 1. The molecule has 0 aromatic heterocycles. The van der Waals surface area contributed by atoms with Crippen LogP contribution in [-0.2, 0) is 4.79 Å². The molecule has 0 saturated heterocycles. The number of aryl methyl sites for hydroxylation is 1. The molecule has 1 aliphatic rings. The van der Waals surface area contributed by atoms with E-state index in [-0.39, 0.29) is 23.8 Å². The molecule has 4 rings (SSSR count). The predicted molar refractivity (Wildman–Crippen MR) is 120 cm³/mol. The number of halogens is 1. The monoisotopic (exact) mass is 446 g/mol. The smallest absolute Gasteiger partial charge is 0.349 e. The van der Waals surface area contributed by atoms with Crippen molar-refractivity contribution in [3.05, 3.63) is 99.9 Å². The number of esters is 1. The standard InChI is InChI=1S/C25H19ClN2O4/c1-15-4-2-7-18(10-15)30-14-23(29)31-19-8-9-20-22(12-19)32-25(28)21(13-27)24(20)16-5-3-6-17(26)11-16/h2-12,24H,14,28H2,1H3. The minimum absolute atomic E-state index is 0.00349. The topological polar surface area (TPSA) is 94.6 Å². The first-order valence-corrected chi connectivity index (χ1v) is 10.2. The van der Waals surface area contributed by atoms with Crippen molar-refractivity contribution in [1.82, 2.24) is 0 Å². The molecule has 1 atom stereocenters.